The minimum atomic E-state index is -0.655. The number of ether oxygens (including phenoxy) is 2. The molecule has 3 heterocycles. The second-order valence-corrected chi connectivity index (χ2v) is 6.25. The quantitative estimate of drug-likeness (QED) is 0.617. The van der Waals surface area contributed by atoms with Crippen LogP contribution < -0.4 is 10.2 Å². The zero-order valence-corrected chi connectivity index (χ0v) is 15.2. The number of rotatable bonds is 4. The van der Waals surface area contributed by atoms with Gasteiger partial charge in [0.2, 0.25) is 0 Å². The first kappa shape index (κ1) is 18.0. The Hall–Kier alpha value is -3.40. The number of morpholine rings is 1. The molecule has 0 unspecified atom stereocenters. The van der Waals surface area contributed by atoms with Crippen LogP contribution in [0.3, 0.4) is 0 Å². The Balaban J connectivity index is 1.87. The van der Waals surface area contributed by atoms with Gasteiger partial charge in [0.15, 0.2) is 17.1 Å². The van der Waals surface area contributed by atoms with Crippen molar-refractivity contribution < 1.29 is 24.2 Å². The highest BCUT2D eigenvalue weighted by Gasteiger charge is 2.25. The van der Waals surface area contributed by atoms with E-state index in [1.807, 2.05) is 12.1 Å². The molecule has 0 saturated carbocycles. The molecule has 1 amide bonds. The van der Waals surface area contributed by atoms with Crippen molar-refractivity contribution in [2.75, 3.05) is 44.9 Å². The molecule has 3 aromatic rings. The Labute approximate surface area is 159 Å². The molecule has 1 aromatic carbocycles. The van der Waals surface area contributed by atoms with Gasteiger partial charge in [0.25, 0.3) is 5.91 Å². The van der Waals surface area contributed by atoms with E-state index in [0.29, 0.717) is 42.7 Å². The molecular weight excluding hydrogens is 366 g/mol. The van der Waals surface area contributed by atoms with E-state index in [0.717, 1.165) is 5.69 Å². The van der Waals surface area contributed by atoms with Crippen molar-refractivity contribution in [2.24, 2.45) is 0 Å². The Morgan fingerprint density at radius 1 is 1.32 bits per heavy atom. The van der Waals surface area contributed by atoms with Crippen molar-refractivity contribution >= 4 is 34.0 Å². The normalized spacial score (nSPS) is 14.4. The number of anilines is 1. The highest BCUT2D eigenvalue weighted by atomic mass is 16.5. The zero-order valence-electron chi connectivity index (χ0n) is 15.2. The minimum absolute atomic E-state index is 0.0944. The number of hydrogen-bond acceptors (Lipinski definition) is 8. The molecule has 0 spiro atoms. The number of benzene rings is 1. The number of fused-ring (bicyclic) bond motifs is 3. The number of methoxy groups -OCH3 is 1. The summed E-state index contributed by atoms with van der Waals surface area (Å²) in [5, 5.41) is 18.6. The van der Waals surface area contributed by atoms with Gasteiger partial charge in [0.05, 0.1) is 25.7 Å². The average Bonchev–Trinajstić information content (AvgIpc) is 3.21. The lowest BCUT2D eigenvalue weighted by Crippen LogP contribution is -2.36. The van der Waals surface area contributed by atoms with E-state index < -0.39 is 11.9 Å². The number of aromatic nitrogens is 3. The predicted molar refractivity (Wildman–Crippen MR) is 99.5 cm³/mol. The van der Waals surface area contributed by atoms with E-state index in [4.69, 9.17) is 4.74 Å². The van der Waals surface area contributed by atoms with Gasteiger partial charge in [-0.1, -0.05) is 12.1 Å². The van der Waals surface area contributed by atoms with E-state index in [9.17, 15) is 14.7 Å². The van der Waals surface area contributed by atoms with Crippen LogP contribution in [0.5, 0.6) is 5.75 Å². The second kappa shape index (κ2) is 7.31. The second-order valence-electron chi connectivity index (χ2n) is 6.25. The first-order valence-corrected chi connectivity index (χ1v) is 8.77. The summed E-state index contributed by atoms with van der Waals surface area (Å²) in [6, 6.07) is 5.48. The van der Waals surface area contributed by atoms with Gasteiger partial charge in [0.1, 0.15) is 12.9 Å². The maximum atomic E-state index is 12.6. The van der Waals surface area contributed by atoms with Crippen LogP contribution in [0.2, 0.25) is 0 Å². The summed E-state index contributed by atoms with van der Waals surface area (Å²) in [4.78, 5) is 30.4. The van der Waals surface area contributed by atoms with Gasteiger partial charge >= 0.3 is 5.97 Å². The van der Waals surface area contributed by atoms with Gasteiger partial charge in [-0.2, -0.15) is 5.10 Å². The standard InChI is InChI=1S/C18H19N5O5/c1-27-13(24)9-19-18(26)15-16(25)11-3-2-4-12(22-5-7-28-8-6-22)14(11)17-20-10-21-23(15)17/h2-4,10,25H,5-9H2,1H3,(H,19,26). The molecule has 0 atom stereocenters. The molecule has 1 saturated heterocycles. The highest BCUT2D eigenvalue weighted by molar-refractivity contribution is 6.11. The molecule has 1 fully saturated rings. The van der Waals surface area contributed by atoms with Gasteiger partial charge in [0, 0.05) is 24.2 Å². The Kier molecular flexibility index (Phi) is 4.70. The van der Waals surface area contributed by atoms with Gasteiger partial charge in [-0.15, -0.1) is 0 Å². The molecule has 2 N–H and O–H groups in total. The van der Waals surface area contributed by atoms with Crippen LogP contribution in [-0.2, 0) is 14.3 Å². The largest absolute Gasteiger partial charge is 0.505 e. The number of hydrogen-bond donors (Lipinski definition) is 2. The maximum Gasteiger partial charge on any atom is 0.325 e. The smallest absolute Gasteiger partial charge is 0.325 e. The third kappa shape index (κ3) is 2.97. The number of esters is 1. The van der Waals surface area contributed by atoms with Gasteiger partial charge < -0.3 is 24.8 Å². The van der Waals surface area contributed by atoms with Crippen molar-refractivity contribution in [3.8, 4) is 5.75 Å². The van der Waals surface area contributed by atoms with Crippen LogP contribution >= 0.6 is 0 Å². The number of aromatic hydroxyl groups is 1. The van der Waals surface area contributed by atoms with Gasteiger partial charge in [-0.05, 0) is 6.07 Å². The Bertz CT molecular complexity index is 1060. The number of carbonyl (C=O) groups excluding carboxylic acids is 2. The predicted octanol–water partition coefficient (Wildman–Crippen LogP) is 0.327. The van der Waals surface area contributed by atoms with Crippen molar-refractivity contribution in [3.63, 3.8) is 0 Å². The number of pyridine rings is 1. The lowest BCUT2D eigenvalue weighted by molar-refractivity contribution is -0.139. The molecule has 10 nitrogen and oxygen atoms in total. The summed E-state index contributed by atoms with van der Waals surface area (Å²) in [6.45, 7) is 2.32. The molecule has 4 rings (SSSR count). The Morgan fingerprint density at radius 3 is 2.86 bits per heavy atom. The van der Waals surface area contributed by atoms with Crippen LogP contribution in [-0.4, -0.2) is 71.5 Å². The van der Waals surface area contributed by atoms with E-state index >= 15 is 0 Å². The SMILES string of the molecule is COC(=O)CNC(=O)c1c(O)c2cccc(N3CCOCC3)c2c2ncnn12. The summed E-state index contributed by atoms with van der Waals surface area (Å²) >= 11 is 0. The number of nitrogens with zero attached hydrogens (tertiary/aromatic N) is 4. The van der Waals surface area contributed by atoms with Crippen molar-refractivity contribution in [1.29, 1.82) is 0 Å². The zero-order chi connectivity index (χ0) is 19.7. The fourth-order valence-electron chi connectivity index (χ4n) is 3.36. The lowest BCUT2D eigenvalue weighted by atomic mass is 10.1. The van der Waals surface area contributed by atoms with Crippen LogP contribution in [0.1, 0.15) is 10.5 Å². The molecule has 0 radical (unpaired) electrons. The number of carbonyl (C=O) groups is 2. The fraction of sp³-hybridized carbons (Fsp3) is 0.333. The minimum Gasteiger partial charge on any atom is -0.505 e. The number of amides is 1. The maximum absolute atomic E-state index is 12.6. The van der Waals surface area contributed by atoms with E-state index in [2.05, 4.69) is 25.0 Å². The van der Waals surface area contributed by atoms with E-state index in [-0.39, 0.29) is 18.0 Å². The summed E-state index contributed by atoms with van der Waals surface area (Å²) in [5.41, 5.74) is 1.23. The van der Waals surface area contributed by atoms with Crippen LogP contribution in [0.25, 0.3) is 16.4 Å². The van der Waals surface area contributed by atoms with Crippen LogP contribution in [0, 0.1) is 0 Å². The van der Waals surface area contributed by atoms with E-state index in [1.165, 1.54) is 18.0 Å². The molecule has 28 heavy (non-hydrogen) atoms. The van der Waals surface area contributed by atoms with E-state index in [1.54, 1.807) is 6.07 Å². The molecule has 1 aliphatic rings. The highest BCUT2D eigenvalue weighted by Crippen LogP contribution is 2.37. The van der Waals surface area contributed by atoms with Crippen molar-refractivity contribution in [1.82, 2.24) is 19.9 Å². The summed E-state index contributed by atoms with van der Waals surface area (Å²) in [6.07, 6.45) is 1.32. The fourth-order valence-corrected chi connectivity index (χ4v) is 3.36. The Morgan fingerprint density at radius 2 is 2.11 bits per heavy atom. The van der Waals surface area contributed by atoms with Crippen molar-refractivity contribution in [3.05, 3.63) is 30.2 Å². The number of nitrogens with one attached hydrogen (secondary N) is 1. The molecule has 2 aromatic heterocycles. The van der Waals surface area contributed by atoms with Gasteiger partial charge in [-0.3, -0.25) is 9.59 Å². The molecule has 1 aliphatic heterocycles. The lowest BCUT2D eigenvalue weighted by Gasteiger charge is -2.30. The first-order valence-electron chi connectivity index (χ1n) is 8.77. The first-order chi connectivity index (χ1) is 13.6. The third-order valence-electron chi connectivity index (χ3n) is 4.69. The summed E-state index contributed by atoms with van der Waals surface area (Å²) < 4.78 is 11.2. The molecule has 10 heteroatoms. The average molecular weight is 385 g/mol. The summed E-state index contributed by atoms with van der Waals surface area (Å²) in [7, 11) is 1.23. The molecular formula is C18H19N5O5. The van der Waals surface area contributed by atoms with Gasteiger partial charge in [-0.25, -0.2) is 9.50 Å². The topological polar surface area (TPSA) is 118 Å². The molecule has 0 aliphatic carbocycles. The third-order valence-corrected chi connectivity index (χ3v) is 4.69. The molecule has 146 valence electrons. The van der Waals surface area contributed by atoms with Crippen LogP contribution in [0.4, 0.5) is 5.69 Å². The monoisotopic (exact) mass is 385 g/mol. The van der Waals surface area contributed by atoms with Crippen molar-refractivity contribution in [2.45, 2.75) is 0 Å². The van der Waals surface area contributed by atoms with Crippen LogP contribution in [0.15, 0.2) is 24.5 Å². The molecule has 0 bridgehead atoms. The summed E-state index contributed by atoms with van der Waals surface area (Å²) in [5.74, 6) is -1.49.